The molecule has 3 N–H and O–H groups in total. The number of halogens is 1. The summed E-state index contributed by atoms with van der Waals surface area (Å²) in [6.07, 6.45) is 7.03. The van der Waals surface area contributed by atoms with Crippen LogP contribution in [0.1, 0.15) is 60.0 Å². The molecule has 3 rings (SSSR count). The van der Waals surface area contributed by atoms with Gasteiger partial charge >= 0.3 is 0 Å². The van der Waals surface area contributed by atoms with Gasteiger partial charge in [0.15, 0.2) is 0 Å². The van der Waals surface area contributed by atoms with Crippen LogP contribution in [0.4, 0.5) is 5.00 Å². The Bertz CT molecular complexity index is 962. The predicted octanol–water partition coefficient (Wildman–Crippen LogP) is 5.69. The first-order valence-electron chi connectivity index (χ1n) is 9.90. The number of primary amides is 1. The summed E-state index contributed by atoms with van der Waals surface area (Å²) in [6.45, 7) is 6.82. The number of carbonyl (C=O) groups excluding carboxylic acids is 2. The monoisotopic (exact) mass is 430 g/mol. The van der Waals surface area contributed by atoms with E-state index in [9.17, 15) is 9.59 Å². The Morgan fingerprint density at radius 3 is 2.79 bits per heavy atom. The lowest BCUT2D eigenvalue weighted by Gasteiger charge is -2.36. The summed E-state index contributed by atoms with van der Waals surface area (Å²) < 4.78 is 0. The van der Waals surface area contributed by atoms with E-state index in [-0.39, 0.29) is 11.3 Å². The van der Waals surface area contributed by atoms with Gasteiger partial charge in [0.2, 0.25) is 5.91 Å². The van der Waals surface area contributed by atoms with Crippen LogP contribution < -0.4 is 11.1 Å². The second-order valence-electron chi connectivity index (χ2n) is 8.23. The van der Waals surface area contributed by atoms with Gasteiger partial charge in [0.25, 0.3) is 5.91 Å². The third-order valence-electron chi connectivity index (χ3n) is 6.04. The smallest absolute Gasteiger partial charge is 0.251 e. The van der Waals surface area contributed by atoms with E-state index in [1.54, 1.807) is 18.2 Å². The number of carbonyl (C=O) groups is 2. The molecule has 1 aromatic heterocycles. The third-order valence-corrected chi connectivity index (χ3v) is 7.45. The number of hydrogen-bond acceptors (Lipinski definition) is 3. The Hall–Kier alpha value is -2.11. The molecule has 0 saturated carbocycles. The van der Waals surface area contributed by atoms with Crippen LogP contribution in [0.15, 0.2) is 30.3 Å². The van der Waals surface area contributed by atoms with Gasteiger partial charge in [-0.25, -0.2) is 0 Å². The van der Waals surface area contributed by atoms with Crippen LogP contribution in [0, 0.1) is 11.3 Å². The lowest BCUT2D eigenvalue weighted by Crippen LogP contribution is -2.29. The van der Waals surface area contributed by atoms with Gasteiger partial charge in [0, 0.05) is 16.0 Å². The number of hydrogen-bond donors (Lipinski definition) is 2. The van der Waals surface area contributed by atoms with Crippen molar-refractivity contribution in [1.82, 2.24) is 0 Å². The zero-order chi connectivity index (χ0) is 21.2. The summed E-state index contributed by atoms with van der Waals surface area (Å²) in [5.41, 5.74) is 8.24. The molecule has 0 aliphatic heterocycles. The van der Waals surface area contributed by atoms with E-state index in [1.165, 1.54) is 22.3 Å². The fourth-order valence-corrected chi connectivity index (χ4v) is 5.36. The maximum absolute atomic E-state index is 12.5. The molecule has 154 valence electrons. The van der Waals surface area contributed by atoms with E-state index in [0.29, 0.717) is 21.5 Å². The van der Waals surface area contributed by atoms with Crippen molar-refractivity contribution in [2.24, 2.45) is 17.1 Å². The van der Waals surface area contributed by atoms with Crippen LogP contribution in [-0.4, -0.2) is 11.8 Å². The molecule has 0 bridgehead atoms. The van der Waals surface area contributed by atoms with Gasteiger partial charge in [0.05, 0.1) is 5.56 Å². The SMILES string of the molecule is CCC(C)(C)[C@@H]1CCc2c(sc(NC(=O)/C=C\c3cccc(Cl)c3)c2C(N)=O)C1. The second-order valence-corrected chi connectivity index (χ2v) is 9.77. The first kappa shape index (κ1) is 21.6. The molecule has 0 unspecified atom stereocenters. The Morgan fingerprint density at radius 1 is 1.38 bits per heavy atom. The summed E-state index contributed by atoms with van der Waals surface area (Å²) in [5.74, 6) is -0.216. The van der Waals surface area contributed by atoms with Crippen molar-refractivity contribution in [3.63, 3.8) is 0 Å². The molecule has 2 aromatic rings. The second kappa shape index (κ2) is 8.72. The van der Waals surface area contributed by atoms with Crippen LogP contribution in [-0.2, 0) is 17.6 Å². The zero-order valence-corrected chi connectivity index (χ0v) is 18.6. The van der Waals surface area contributed by atoms with Crippen molar-refractivity contribution in [2.45, 2.75) is 46.5 Å². The number of amides is 2. The molecule has 2 amide bonds. The van der Waals surface area contributed by atoms with E-state index >= 15 is 0 Å². The Morgan fingerprint density at radius 2 is 2.14 bits per heavy atom. The minimum absolute atomic E-state index is 0.248. The maximum Gasteiger partial charge on any atom is 0.251 e. The summed E-state index contributed by atoms with van der Waals surface area (Å²) in [7, 11) is 0. The maximum atomic E-state index is 12.5. The topological polar surface area (TPSA) is 72.2 Å². The summed E-state index contributed by atoms with van der Waals surface area (Å²) in [6, 6.07) is 7.25. The number of benzene rings is 1. The average Bonchev–Trinajstić information content (AvgIpc) is 3.03. The molecule has 1 atom stereocenters. The Labute approximate surface area is 181 Å². The standard InChI is InChI=1S/C23H27ClN2O2S/c1-4-23(2,3)15-9-10-17-18(13-15)29-22(20(17)21(25)28)26-19(27)11-8-14-6-5-7-16(24)12-14/h5-8,11-12,15H,4,9-10,13H2,1-3H3,(H2,25,28)(H,26,27)/b11-8-/t15-/m1/s1. The predicted molar refractivity (Wildman–Crippen MR) is 122 cm³/mol. The van der Waals surface area contributed by atoms with Gasteiger partial charge in [-0.05, 0) is 59.9 Å². The molecular formula is C23H27ClN2O2S. The van der Waals surface area contributed by atoms with Gasteiger partial charge in [-0.2, -0.15) is 0 Å². The number of nitrogens with one attached hydrogen (secondary N) is 1. The van der Waals surface area contributed by atoms with Crippen LogP contribution in [0.3, 0.4) is 0 Å². The van der Waals surface area contributed by atoms with Gasteiger partial charge in [-0.15, -0.1) is 11.3 Å². The highest BCUT2D eigenvalue weighted by atomic mass is 35.5. The summed E-state index contributed by atoms with van der Waals surface area (Å²) >= 11 is 7.46. The molecule has 1 aromatic carbocycles. The molecule has 6 heteroatoms. The van der Waals surface area contributed by atoms with E-state index < -0.39 is 5.91 Å². The van der Waals surface area contributed by atoms with Crippen LogP contribution >= 0.6 is 22.9 Å². The molecule has 0 radical (unpaired) electrons. The molecule has 29 heavy (non-hydrogen) atoms. The normalized spacial score (nSPS) is 16.6. The van der Waals surface area contributed by atoms with E-state index in [1.807, 2.05) is 12.1 Å². The molecular weight excluding hydrogens is 404 g/mol. The van der Waals surface area contributed by atoms with Crippen LogP contribution in [0.25, 0.3) is 6.08 Å². The van der Waals surface area contributed by atoms with Crippen molar-refractivity contribution in [3.05, 3.63) is 56.9 Å². The average molecular weight is 431 g/mol. The van der Waals surface area contributed by atoms with Crippen molar-refractivity contribution in [2.75, 3.05) is 5.32 Å². The zero-order valence-electron chi connectivity index (χ0n) is 17.0. The summed E-state index contributed by atoms with van der Waals surface area (Å²) in [5, 5.41) is 4.02. The Balaban J connectivity index is 1.81. The number of nitrogens with two attached hydrogens (primary N) is 1. The van der Waals surface area contributed by atoms with Gasteiger partial charge < -0.3 is 11.1 Å². The Kier molecular flexibility index (Phi) is 6.49. The molecule has 1 aliphatic rings. The van der Waals surface area contributed by atoms with E-state index in [2.05, 4.69) is 26.1 Å². The quantitative estimate of drug-likeness (QED) is 0.577. The van der Waals surface area contributed by atoms with Crippen molar-refractivity contribution in [1.29, 1.82) is 0 Å². The van der Waals surface area contributed by atoms with Crippen molar-refractivity contribution >= 4 is 45.8 Å². The fourth-order valence-electron chi connectivity index (χ4n) is 3.83. The highest BCUT2D eigenvalue weighted by Crippen LogP contribution is 2.45. The number of rotatable bonds is 6. The van der Waals surface area contributed by atoms with Gasteiger partial charge in [-0.1, -0.05) is 50.9 Å². The number of thiophene rings is 1. The molecule has 0 saturated heterocycles. The minimum Gasteiger partial charge on any atom is -0.365 e. The first-order valence-corrected chi connectivity index (χ1v) is 11.1. The molecule has 1 aliphatic carbocycles. The van der Waals surface area contributed by atoms with Gasteiger partial charge in [0.1, 0.15) is 5.00 Å². The van der Waals surface area contributed by atoms with E-state index in [4.69, 9.17) is 17.3 Å². The first-order chi connectivity index (χ1) is 13.7. The fraction of sp³-hybridized carbons (Fsp3) is 0.391. The van der Waals surface area contributed by atoms with Crippen molar-refractivity contribution in [3.8, 4) is 0 Å². The molecule has 1 heterocycles. The van der Waals surface area contributed by atoms with Crippen molar-refractivity contribution < 1.29 is 9.59 Å². The molecule has 0 fully saturated rings. The van der Waals surface area contributed by atoms with E-state index in [0.717, 1.165) is 36.8 Å². The lowest BCUT2D eigenvalue weighted by molar-refractivity contribution is -0.111. The number of fused-ring (bicyclic) bond motifs is 1. The largest absolute Gasteiger partial charge is 0.365 e. The molecule has 4 nitrogen and oxygen atoms in total. The van der Waals surface area contributed by atoms with Gasteiger partial charge in [-0.3, -0.25) is 9.59 Å². The summed E-state index contributed by atoms with van der Waals surface area (Å²) in [4.78, 5) is 25.8. The highest BCUT2D eigenvalue weighted by Gasteiger charge is 2.34. The molecule has 0 spiro atoms. The number of anilines is 1. The lowest BCUT2D eigenvalue weighted by atomic mass is 9.69. The highest BCUT2D eigenvalue weighted by molar-refractivity contribution is 7.17. The minimum atomic E-state index is -0.482. The van der Waals surface area contributed by atoms with Crippen LogP contribution in [0.2, 0.25) is 5.02 Å². The third kappa shape index (κ3) is 4.90. The van der Waals surface area contributed by atoms with Crippen LogP contribution in [0.5, 0.6) is 0 Å².